The van der Waals surface area contributed by atoms with Crippen molar-refractivity contribution in [3.63, 3.8) is 0 Å². The van der Waals surface area contributed by atoms with E-state index in [1.807, 2.05) is 12.1 Å². The van der Waals surface area contributed by atoms with Gasteiger partial charge in [0.05, 0.1) is 52.2 Å². The summed E-state index contributed by atoms with van der Waals surface area (Å²) in [5.74, 6) is -0.0339. The third kappa shape index (κ3) is 13.4. The van der Waals surface area contributed by atoms with Gasteiger partial charge in [-0.3, -0.25) is 0 Å². The molecule has 0 aliphatic rings. The number of halogens is 2. The summed E-state index contributed by atoms with van der Waals surface area (Å²) in [7, 11) is 0. The van der Waals surface area contributed by atoms with E-state index >= 15 is 8.78 Å². The van der Waals surface area contributed by atoms with Crippen molar-refractivity contribution >= 4 is 43.6 Å². The Kier molecular flexibility index (Phi) is 16.9. The summed E-state index contributed by atoms with van der Waals surface area (Å²) in [4.78, 5) is 0. The van der Waals surface area contributed by atoms with Gasteiger partial charge in [-0.2, -0.15) is 0 Å². The monoisotopic (exact) mass is 1230 g/mol. The van der Waals surface area contributed by atoms with Crippen LogP contribution in [0.25, 0.3) is 77.2 Å². The highest BCUT2D eigenvalue weighted by Gasteiger charge is 2.36. The number of benzene rings is 8. The van der Waals surface area contributed by atoms with Crippen LogP contribution in [-0.2, 0) is 32.5 Å². The number of hydrogen-bond acceptors (Lipinski definition) is 4. The Morgan fingerprint density at radius 2 is 0.802 bits per heavy atom. The quantitative estimate of drug-likeness (QED) is 0.106. The summed E-state index contributed by atoms with van der Waals surface area (Å²) in [6.45, 7) is 49.3. The average Bonchev–Trinajstić information content (AvgIpc) is 1.64. The molecule has 0 bridgehead atoms. The highest BCUT2D eigenvalue weighted by atomic mass is 19.1. The maximum Gasteiger partial charge on any atom is 0.151 e. The number of hydrogen-bond donors (Lipinski definition) is 2. The van der Waals surface area contributed by atoms with Crippen molar-refractivity contribution < 1.29 is 28.5 Å². The molecule has 2 aromatic heterocycles. The van der Waals surface area contributed by atoms with Crippen LogP contribution in [0.4, 0.5) is 8.78 Å². The molecule has 2 N–H and O–H groups in total. The van der Waals surface area contributed by atoms with Crippen LogP contribution in [0.2, 0.25) is 0 Å². The zero-order valence-electron chi connectivity index (χ0n) is 58.6. The molecule has 0 atom stereocenters. The molecule has 6 nitrogen and oxygen atoms in total. The molecule has 91 heavy (non-hydrogen) atoms. The third-order valence-electron chi connectivity index (χ3n) is 18.4. The Labute approximate surface area is 541 Å². The largest absolute Gasteiger partial charge is 0.505 e. The van der Waals surface area contributed by atoms with Gasteiger partial charge in [0.2, 0.25) is 0 Å². The van der Waals surface area contributed by atoms with Gasteiger partial charge in [0.25, 0.3) is 0 Å². The lowest BCUT2D eigenvalue weighted by molar-refractivity contribution is 0.237. The van der Waals surface area contributed by atoms with E-state index in [9.17, 15) is 10.2 Å². The van der Waals surface area contributed by atoms with Gasteiger partial charge in [-0.15, -0.1) is 0 Å². The first kappa shape index (κ1) is 66.3. The molecule has 0 aliphatic carbocycles. The number of phenols is 2. The zero-order chi connectivity index (χ0) is 66.7. The second-order valence-corrected chi connectivity index (χ2v) is 33.9. The Morgan fingerprint density at radius 3 is 1.23 bits per heavy atom. The minimum Gasteiger partial charge on any atom is -0.505 e. The second kappa shape index (κ2) is 23.2. The summed E-state index contributed by atoms with van der Waals surface area (Å²) in [5, 5.41) is 30.8. The third-order valence-corrected chi connectivity index (χ3v) is 18.4. The molecular formula is C83H100F2N2O4. The highest BCUT2D eigenvalue weighted by Crippen LogP contribution is 2.53. The van der Waals surface area contributed by atoms with Crippen LogP contribution in [0, 0.1) is 22.5 Å². The number of nitrogens with zero attached hydrogens (tertiary/aromatic N) is 2. The molecule has 0 unspecified atom stereocenters. The SMILES string of the molecule is CC(C)(C)CC(C)(C)c1cc(-c2cc(F)ccc2OCCCOc2c(C(C)(C)CC(C)(C)C)cc(-n3c4cc(C(C)(C)C)ccc4c4ccc(C(C)(C)C)cc43)c(O)c2-c2cccc(F)c2)c(O)c(-n2c3cc(C(C)(C)C)ccc3c3ccc(C(C)(C)C)cc32)c1. The Balaban J connectivity index is 1.10. The van der Waals surface area contributed by atoms with E-state index in [0.29, 0.717) is 51.5 Å². The number of fused-ring (bicyclic) bond motifs is 6. The highest BCUT2D eigenvalue weighted by molar-refractivity contribution is 6.11. The zero-order valence-corrected chi connectivity index (χ0v) is 58.6. The van der Waals surface area contributed by atoms with Crippen molar-refractivity contribution in [2.24, 2.45) is 10.8 Å². The van der Waals surface area contributed by atoms with Crippen LogP contribution in [0.15, 0.2) is 133 Å². The van der Waals surface area contributed by atoms with Crippen LogP contribution in [0.1, 0.15) is 205 Å². The van der Waals surface area contributed by atoms with Gasteiger partial charge in [-0.25, -0.2) is 8.78 Å². The maximum absolute atomic E-state index is 16.1. The fraction of sp³-hybridized carbons (Fsp3) is 0.422. The van der Waals surface area contributed by atoms with Crippen LogP contribution in [0.5, 0.6) is 23.0 Å². The van der Waals surface area contributed by atoms with Gasteiger partial charge in [0, 0.05) is 44.7 Å². The van der Waals surface area contributed by atoms with E-state index in [4.69, 9.17) is 9.47 Å². The smallest absolute Gasteiger partial charge is 0.151 e. The summed E-state index contributed by atoms with van der Waals surface area (Å²) in [6.07, 6.45) is 1.96. The first-order valence-electron chi connectivity index (χ1n) is 32.8. The number of phenolic OH excluding ortho intramolecular Hbond substituents is 2. The van der Waals surface area contributed by atoms with Crippen molar-refractivity contribution in [1.82, 2.24) is 9.13 Å². The molecule has 10 aromatic rings. The molecule has 0 saturated carbocycles. The molecule has 0 radical (unpaired) electrons. The second-order valence-electron chi connectivity index (χ2n) is 33.9. The fourth-order valence-corrected chi connectivity index (χ4v) is 14.3. The predicted octanol–water partition coefficient (Wildman–Crippen LogP) is 23.4. The molecule has 0 amide bonds. The first-order valence-corrected chi connectivity index (χ1v) is 32.8. The Bertz CT molecular complexity index is 4290. The molecule has 8 heteroatoms. The fourth-order valence-electron chi connectivity index (χ4n) is 14.3. The maximum atomic E-state index is 16.1. The van der Waals surface area contributed by atoms with E-state index in [-0.39, 0.29) is 62.6 Å². The lowest BCUT2D eigenvalue weighted by Crippen LogP contribution is -2.26. The van der Waals surface area contributed by atoms with Crippen molar-refractivity contribution in [3.05, 3.63) is 178 Å². The molecule has 10 rings (SSSR count). The van der Waals surface area contributed by atoms with Crippen LogP contribution in [0.3, 0.4) is 0 Å². The Hall–Kier alpha value is -7.58. The average molecular weight is 1230 g/mol. The van der Waals surface area contributed by atoms with Gasteiger partial charge < -0.3 is 28.8 Å². The number of aromatic hydroxyl groups is 2. The summed E-state index contributed by atoms with van der Waals surface area (Å²) >= 11 is 0. The molecule has 0 saturated heterocycles. The molecule has 0 fully saturated rings. The van der Waals surface area contributed by atoms with Crippen LogP contribution >= 0.6 is 0 Å². The molecule has 2 heterocycles. The van der Waals surface area contributed by atoms with E-state index in [1.54, 1.807) is 12.1 Å². The molecule has 480 valence electrons. The lowest BCUT2D eigenvalue weighted by atomic mass is 9.71. The molecular weight excluding hydrogens is 1130 g/mol. The topological polar surface area (TPSA) is 68.8 Å². The minimum absolute atomic E-state index is 0.0129. The number of rotatable bonds is 14. The van der Waals surface area contributed by atoms with Crippen LogP contribution in [-0.4, -0.2) is 32.6 Å². The molecule has 8 aromatic carbocycles. The van der Waals surface area contributed by atoms with Crippen molar-refractivity contribution in [2.75, 3.05) is 13.2 Å². The van der Waals surface area contributed by atoms with E-state index in [1.165, 1.54) is 35.4 Å². The minimum atomic E-state index is -0.538. The lowest BCUT2D eigenvalue weighted by Gasteiger charge is -2.35. The predicted molar refractivity (Wildman–Crippen MR) is 380 cm³/mol. The molecule has 0 aliphatic heterocycles. The first-order chi connectivity index (χ1) is 42.0. The number of ether oxygens (including phenoxy) is 2. The summed E-state index contributed by atoms with van der Waals surface area (Å²) in [6, 6.07) is 43.9. The molecule has 0 spiro atoms. The summed E-state index contributed by atoms with van der Waals surface area (Å²) in [5.41, 5.74) is 11.6. The van der Waals surface area contributed by atoms with Crippen molar-refractivity contribution in [2.45, 2.75) is 204 Å². The van der Waals surface area contributed by atoms with E-state index in [2.05, 4.69) is 246 Å². The number of aromatic nitrogens is 2. The van der Waals surface area contributed by atoms with Crippen LogP contribution < -0.4 is 9.47 Å². The van der Waals surface area contributed by atoms with E-state index < -0.39 is 17.0 Å². The normalized spacial score (nSPS) is 13.4. The van der Waals surface area contributed by atoms with Gasteiger partial charge in [0.1, 0.15) is 28.9 Å². The van der Waals surface area contributed by atoms with Gasteiger partial charge in [-0.1, -0.05) is 213 Å². The van der Waals surface area contributed by atoms with Crippen molar-refractivity contribution in [1.29, 1.82) is 0 Å². The van der Waals surface area contributed by atoms with Gasteiger partial charge in [-0.05, 0) is 162 Å². The van der Waals surface area contributed by atoms with Crippen molar-refractivity contribution in [3.8, 4) is 56.6 Å². The van der Waals surface area contributed by atoms with Gasteiger partial charge >= 0.3 is 0 Å². The Morgan fingerprint density at radius 1 is 0.385 bits per heavy atom. The van der Waals surface area contributed by atoms with Gasteiger partial charge in [0.15, 0.2) is 5.75 Å². The van der Waals surface area contributed by atoms with E-state index in [0.717, 1.165) is 78.7 Å². The standard InChI is InChI=1S/C83H100F2N2O4/c1-76(2,3)48-82(19,20)55-40-63(73(88)69(45-55)86-65-41-51(78(7,8)9)27-32-58(65)59-33-28-52(42-66(59)86)79(10,11)12)62-46-57(85)31-36-71(62)90-37-24-38-91-75-64(83(21,22)49-77(4,5)6)47-70(74(89)72(75)50-25-23-26-56(84)39-50)87-67-43-53(80(13,14)15)29-34-60(67)61-35-30-54(44-68(61)87)81(16,17)18/h23,25-36,39-47,88-89H,24,37-38,48-49H2,1-22H3. The summed E-state index contributed by atoms with van der Waals surface area (Å²) < 4.78 is 50.2.